The number of nitro groups is 1. The second kappa shape index (κ2) is 21.6. The molecular formula is C50H52ClN7O13S. The van der Waals surface area contributed by atoms with Gasteiger partial charge in [0, 0.05) is 47.3 Å². The molecule has 22 heteroatoms. The quantitative estimate of drug-likeness (QED) is 0.0452. The van der Waals surface area contributed by atoms with E-state index in [2.05, 4.69) is 29.4 Å². The van der Waals surface area contributed by atoms with E-state index in [1.807, 2.05) is 31.2 Å². The third-order valence-corrected chi connectivity index (χ3v) is 14.8. The van der Waals surface area contributed by atoms with Crippen molar-refractivity contribution in [2.45, 2.75) is 96.5 Å². The molecule has 4 aliphatic rings. The number of ketones is 1. The van der Waals surface area contributed by atoms with Crippen molar-refractivity contribution in [3.63, 3.8) is 0 Å². The van der Waals surface area contributed by atoms with Gasteiger partial charge in [-0.1, -0.05) is 36.2 Å². The minimum atomic E-state index is -1.58. The fourth-order valence-electron chi connectivity index (χ4n) is 9.52. The van der Waals surface area contributed by atoms with Gasteiger partial charge in [-0.3, -0.25) is 48.8 Å². The van der Waals surface area contributed by atoms with E-state index in [4.69, 9.17) is 35.5 Å². The molecule has 5 heterocycles. The van der Waals surface area contributed by atoms with Gasteiger partial charge in [0.05, 0.1) is 60.5 Å². The molecule has 72 heavy (non-hydrogen) atoms. The van der Waals surface area contributed by atoms with Crippen LogP contribution < -0.4 is 29.7 Å². The number of amidine groups is 1. The number of likely N-dealkylation sites (tertiary alicyclic amines) is 1. The van der Waals surface area contributed by atoms with E-state index < -0.39 is 66.0 Å². The number of amides is 6. The summed E-state index contributed by atoms with van der Waals surface area (Å²) in [4.78, 5) is 114. The van der Waals surface area contributed by atoms with E-state index in [0.717, 1.165) is 22.5 Å². The molecule has 20 nitrogen and oxygen atoms in total. The molecule has 2 N–H and O–H groups in total. The minimum absolute atomic E-state index is 0.0371. The molecule has 0 saturated carbocycles. The molecule has 4 aliphatic heterocycles. The highest BCUT2D eigenvalue weighted by molar-refractivity contribution is 7.16. The maximum atomic E-state index is 13.9. The molecule has 4 atom stereocenters. The van der Waals surface area contributed by atoms with Gasteiger partial charge in [-0.15, -0.1) is 11.3 Å². The molecule has 6 amide bonds. The number of benzene rings is 3. The zero-order valence-electron chi connectivity index (χ0n) is 40.1. The standard InChI is InChI=1S/C50H52ClN7O13S/c1-26-27(2)72-49-43(26)45(29-13-15-31(51)16-14-29)54-34(37-23-53-28(3)55(37)49)21-41(60)52-19-8-6-7-10-32(59)25-70-38-12-9-11-33-44(38)48(64)56(46(33)62)35-17-18-42(61)57(47(35)63)50(65)71-24-30-20-39(68-4)40(69-5)22-36(30)58(66)67/h9,11-16,20,22,34-35,37,45,54H,6-8,10,17-19,21,23-25H2,1-5H3,(H,52,60)/t34-,35?,37?,45?/m0/s1. The third-order valence-electron chi connectivity index (χ3n) is 13.3. The van der Waals surface area contributed by atoms with Crippen LogP contribution in [-0.4, -0.2) is 114 Å². The number of anilines is 1. The monoisotopic (exact) mass is 1030 g/mol. The fourth-order valence-corrected chi connectivity index (χ4v) is 10.9. The Balaban J connectivity index is 0.813. The molecule has 1 aromatic heterocycles. The largest absolute Gasteiger partial charge is 0.493 e. The van der Waals surface area contributed by atoms with E-state index in [1.165, 1.54) is 54.5 Å². The smallest absolute Gasteiger partial charge is 0.423 e. The van der Waals surface area contributed by atoms with Crippen LogP contribution in [0.15, 0.2) is 59.6 Å². The number of Topliss-reactive ketones (excluding diaryl/α,β-unsaturated/α-hetero) is 1. The van der Waals surface area contributed by atoms with Crippen LogP contribution in [0.3, 0.4) is 0 Å². The molecule has 1 fully saturated rings. The number of unbranched alkanes of at least 4 members (excludes halogenated alkanes) is 2. The van der Waals surface area contributed by atoms with Crippen molar-refractivity contribution in [1.29, 1.82) is 0 Å². The summed E-state index contributed by atoms with van der Waals surface area (Å²) < 4.78 is 21.3. The number of methoxy groups -OCH3 is 2. The minimum Gasteiger partial charge on any atom is -0.493 e. The number of aryl methyl sites for hydroxylation is 1. The molecule has 0 aliphatic carbocycles. The number of carbonyl (C=O) groups is 7. The number of carbonyl (C=O) groups excluding carboxylic acids is 7. The number of nitrogens with one attached hydrogen (secondary N) is 2. The Kier molecular flexibility index (Phi) is 15.4. The van der Waals surface area contributed by atoms with Gasteiger partial charge in [0.15, 0.2) is 17.3 Å². The lowest BCUT2D eigenvalue weighted by atomic mass is 9.95. The highest BCUT2D eigenvalue weighted by Gasteiger charge is 2.50. The number of rotatable bonds is 18. The first-order valence-electron chi connectivity index (χ1n) is 23.3. The van der Waals surface area contributed by atoms with E-state index in [9.17, 15) is 43.7 Å². The van der Waals surface area contributed by atoms with Crippen molar-refractivity contribution < 1.29 is 57.4 Å². The Bertz CT molecular complexity index is 2910. The third kappa shape index (κ3) is 10.1. The number of hydrogen-bond acceptors (Lipinski definition) is 17. The van der Waals surface area contributed by atoms with Crippen molar-refractivity contribution in [3.8, 4) is 17.2 Å². The lowest BCUT2D eigenvalue weighted by Gasteiger charge is -2.32. The van der Waals surface area contributed by atoms with Gasteiger partial charge in [-0.2, -0.15) is 4.90 Å². The van der Waals surface area contributed by atoms with Crippen molar-refractivity contribution in [3.05, 3.63) is 108 Å². The molecule has 3 unspecified atom stereocenters. The molecule has 0 spiro atoms. The number of nitrogens with zero attached hydrogens (tertiary/aromatic N) is 5. The fraction of sp³-hybridized carbons (Fsp3) is 0.400. The van der Waals surface area contributed by atoms with Crippen molar-refractivity contribution in [2.75, 3.05) is 38.8 Å². The van der Waals surface area contributed by atoms with Gasteiger partial charge in [0.1, 0.15) is 35.8 Å². The molecule has 8 rings (SSSR count). The van der Waals surface area contributed by atoms with Crippen molar-refractivity contribution in [1.82, 2.24) is 20.4 Å². The molecule has 378 valence electrons. The average Bonchev–Trinajstić information content (AvgIpc) is 3.94. The van der Waals surface area contributed by atoms with E-state index in [-0.39, 0.29) is 87.9 Å². The molecule has 0 bridgehead atoms. The summed E-state index contributed by atoms with van der Waals surface area (Å²) in [6.45, 7) is 6.07. The van der Waals surface area contributed by atoms with Gasteiger partial charge in [-0.05, 0) is 81.5 Å². The first-order valence-corrected chi connectivity index (χ1v) is 24.5. The summed E-state index contributed by atoms with van der Waals surface area (Å²) in [5, 5.41) is 20.4. The van der Waals surface area contributed by atoms with Gasteiger partial charge >= 0.3 is 6.09 Å². The number of piperidine rings is 1. The number of nitro benzene ring substituents is 1. The van der Waals surface area contributed by atoms with Gasteiger partial charge in [0.25, 0.3) is 23.4 Å². The highest BCUT2D eigenvalue weighted by Crippen LogP contribution is 2.46. The van der Waals surface area contributed by atoms with Crippen LogP contribution in [-0.2, 0) is 30.5 Å². The summed E-state index contributed by atoms with van der Waals surface area (Å²) in [6.07, 6.45) is -0.0398. The molecule has 3 aromatic carbocycles. The molecule has 0 radical (unpaired) electrons. The van der Waals surface area contributed by atoms with Crippen LogP contribution in [0, 0.1) is 24.0 Å². The van der Waals surface area contributed by atoms with Crippen LogP contribution in [0.1, 0.15) is 106 Å². The van der Waals surface area contributed by atoms with Crippen LogP contribution in [0.25, 0.3) is 0 Å². The lowest BCUT2D eigenvalue weighted by molar-refractivity contribution is -0.385. The summed E-state index contributed by atoms with van der Waals surface area (Å²) in [6, 6.07) is 12.3. The number of aliphatic imine (C=N–C) groups is 1. The van der Waals surface area contributed by atoms with Crippen LogP contribution >= 0.6 is 22.9 Å². The Hall–Kier alpha value is -7.23. The zero-order chi connectivity index (χ0) is 51.5. The van der Waals surface area contributed by atoms with Gasteiger partial charge in [0.2, 0.25) is 11.8 Å². The average molecular weight is 1030 g/mol. The number of halogens is 1. The predicted octanol–water partition coefficient (Wildman–Crippen LogP) is 6.78. The van der Waals surface area contributed by atoms with E-state index in [0.29, 0.717) is 42.3 Å². The SMILES string of the molecule is COc1cc(COC(=O)N2C(=O)CCC(N3C(=O)c4cccc(OCC(=O)CCCCCNC(=O)C[C@@H]5NC(c6ccc(Cl)cc6)c6c(sc(C)c6C)N6C(C)=NCC56)c4C3=O)C2=O)c([N+](=O)[O-])cc1OC. The summed E-state index contributed by atoms with van der Waals surface area (Å²) in [7, 11) is 2.57. The Morgan fingerprint density at radius 3 is 2.40 bits per heavy atom. The Morgan fingerprint density at radius 2 is 1.68 bits per heavy atom. The highest BCUT2D eigenvalue weighted by atomic mass is 35.5. The Labute approximate surface area is 422 Å². The van der Waals surface area contributed by atoms with Crippen LogP contribution in [0.5, 0.6) is 17.2 Å². The van der Waals surface area contributed by atoms with Crippen LogP contribution in [0.2, 0.25) is 5.02 Å². The maximum Gasteiger partial charge on any atom is 0.423 e. The molecule has 1 saturated heterocycles. The number of imide groups is 4. The van der Waals surface area contributed by atoms with E-state index in [1.54, 1.807) is 11.3 Å². The zero-order valence-corrected chi connectivity index (χ0v) is 41.7. The Morgan fingerprint density at radius 1 is 0.944 bits per heavy atom. The number of thiophene rings is 1. The molecular weight excluding hydrogens is 974 g/mol. The summed E-state index contributed by atoms with van der Waals surface area (Å²) >= 11 is 8.01. The predicted molar refractivity (Wildman–Crippen MR) is 263 cm³/mol. The summed E-state index contributed by atoms with van der Waals surface area (Å²) in [5.74, 6) is -3.37. The lowest BCUT2D eigenvalue weighted by Crippen LogP contribution is -2.57. The van der Waals surface area contributed by atoms with Gasteiger partial charge < -0.3 is 34.5 Å². The number of fused-ring (bicyclic) bond motifs is 4. The maximum absolute atomic E-state index is 13.9. The first kappa shape index (κ1) is 51.1. The topological polar surface area (TPSA) is 246 Å². The first-order chi connectivity index (χ1) is 34.5. The van der Waals surface area contributed by atoms with E-state index >= 15 is 0 Å². The van der Waals surface area contributed by atoms with Crippen LogP contribution in [0.4, 0.5) is 15.5 Å². The van der Waals surface area contributed by atoms with Crippen molar-refractivity contribution >= 4 is 80.9 Å². The normalized spacial score (nSPS) is 19.3. The molecule has 4 aromatic rings. The van der Waals surface area contributed by atoms with Gasteiger partial charge in [-0.25, -0.2) is 4.79 Å². The second-order valence-electron chi connectivity index (χ2n) is 17.7. The number of ether oxygens (including phenoxy) is 4. The summed E-state index contributed by atoms with van der Waals surface area (Å²) in [5.41, 5.74) is 2.53. The number of hydrogen-bond donors (Lipinski definition) is 2. The second-order valence-corrected chi connectivity index (χ2v) is 19.3. The van der Waals surface area contributed by atoms with Crippen molar-refractivity contribution in [2.24, 2.45) is 4.99 Å².